The van der Waals surface area contributed by atoms with Gasteiger partial charge in [-0.25, -0.2) is 8.42 Å². The summed E-state index contributed by atoms with van der Waals surface area (Å²) in [5, 5.41) is 2.87. The minimum absolute atomic E-state index is 0.0276. The highest BCUT2D eigenvalue weighted by molar-refractivity contribution is 7.90. The Morgan fingerprint density at radius 3 is 2.39 bits per heavy atom. The van der Waals surface area contributed by atoms with Crippen LogP contribution in [-0.4, -0.2) is 59.3 Å². The van der Waals surface area contributed by atoms with E-state index in [-0.39, 0.29) is 10.8 Å². The van der Waals surface area contributed by atoms with E-state index in [0.717, 1.165) is 13.0 Å². The fraction of sp³-hybridized carbons (Fsp3) is 0.562. The molecule has 1 aromatic rings. The molecule has 1 amide bonds. The standard InChI is InChI=1S/C16H26N2O4S/c1-18(2)12-5-11-17-16(19)6-4-13-22-14-7-9-15(10-8-14)23(3,20)21/h7-10H,4-6,11-13H2,1-3H3,(H,17,19). The Kier molecular flexibility index (Phi) is 8.05. The molecule has 0 aliphatic rings. The lowest BCUT2D eigenvalue weighted by molar-refractivity contribution is -0.121. The van der Waals surface area contributed by atoms with Gasteiger partial charge in [0.25, 0.3) is 0 Å². The number of hydrogen-bond acceptors (Lipinski definition) is 5. The third-order valence-corrected chi connectivity index (χ3v) is 4.30. The van der Waals surface area contributed by atoms with Crippen LogP contribution in [-0.2, 0) is 14.6 Å². The molecular weight excluding hydrogens is 316 g/mol. The maximum atomic E-state index is 11.6. The van der Waals surface area contributed by atoms with Crippen molar-refractivity contribution in [2.24, 2.45) is 0 Å². The van der Waals surface area contributed by atoms with Crippen LogP contribution in [0.4, 0.5) is 0 Å². The summed E-state index contributed by atoms with van der Waals surface area (Å²) < 4.78 is 28.2. The summed E-state index contributed by atoms with van der Waals surface area (Å²) in [6, 6.07) is 6.28. The number of carbonyl (C=O) groups is 1. The molecule has 0 spiro atoms. The van der Waals surface area contributed by atoms with Gasteiger partial charge in [0.15, 0.2) is 9.84 Å². The number of rotatable bonds is 10. The molecule has 1 rings (SSSR count). The number of sulfone groups is 1. The van der Waals surface area contributed by atoms with Crippen molar-refractivity contribution in [2.75, 3.05) is 40.0 Å². The van der Waals surface area contributed by atoms with Gasteiger partial charge >= 0.3 is 0 Å². The Labute approximate surface area is 138 Å². The molecule has 0 atom stereocenters. The first kappa shape index (κ1) is 19.4. The van der Waals surface area contributed by atoms with E-state index in [1.807, 2.05) is 14.1 Å². The van der Waals surface area contributed by atoms with Crippen LogP contribution in [0.1, 0.15) is 19.3 Å². The first-order valence-electron chi connectivity index (χ1n) is 7.63. The zero-order valence-corrected chi connectivity index (χ0v) is 14.9. The zero-order valence-electron chi connectivity index (χ0n) is 14.0. The second-order valence-electron chi connectivity index (χ2n) is 5.70. The minimum Gasteiger partial charge on any atom is -0.494 e. The summed E-state index contributed by atoms with van der Waals surface area (Å²) in [6.45, 7) is 2.06. The first-order chi connectivity index (χ1) is 10.8. The molecule has 0 aromatic heterocycles. The number of amides is 1. The molecule has 130 valence electrons. The van der Waals surface area contributed by atoms with Crippen molar-refractivity contribution < 1.29 is 17.9 Å². The molecule has 0 unspecified atom stereocenters. The molecule has 23 heavy (non-hydrogen) atoms. The molecule has 0 saturated carbocycles. The van der Waals surface area contributed by atoms with E-state index in [2.05, 4.69) is 10.2 Å². The third-order valence-electron chi connectivity index (χ3n) is 3.17. The number of hydrogen-bond donors (Lipinski definition) is 1. The monoisotopic (exact) mass is 342 g/mol. The van der Waals surface area contributed by atoms with Gasteiger partial charge in [-0.15, -0.1) is 0 Å². The van der Waals surface area contributed by atoms with Crippen molar-refractivity contribution in [1.82, 2.24) is 10.2 Å². The molecule has 0 aliphatic carbocycles. The Hall–Kier alpha value is -1.60. The van der Waals surface area contributed by atoms with Crippen LogP contribution in [0, 0.1) is 0 Å². The largest absolute Gasteiger partial charge is 0.494 e. The van der Waals surface area contributed by atoms with Crippen LogP contribution < -0.4 is 10.1 Å². The number of nitrogens with zero attached hydrogens (tertiary/aromatic N) is 1. The zero-order chi connectivity index (χ0) is 17.3. The number of nitrogens with one attached hydrogen (secondary N) is 1. The van der Waals surface area contributed by atoms with Gasteiger partial charge in [-0.2, -0.15) is 0 Å². The van der Waals surface area contributed by atoms with Crippen molar-refractivity contribution in [2.45, 2.75) is 24.2 Å². The second kappa shape index (κ2) is 9.52. The third kappa shape index (κ3) is 8.56. The van der Waals surface area contributed by atoms with Crippen LogP contribution in [0.15, 0.2) is 29.2 Å². The normalized spacial score (nSPS) is 11.5. The van der Waals surface area contributed by atoms with E-state index in [1.54, 1.807) is 12.1 Å². The van der Waals surface area contributed by atoms with Gasteiger partial charge in [-0.05, 0) is 57.7 Å². The molecule has 0 heterocycles. The topological polar surface area (TPSA) is 75.7 Å². The van der Waals surface area contributed by atoms with Crippen LogP contribution in [0.5, 0.6) is 5.75 Å². The maximum absolute atomic E-state index is 11.6. The lowest BCUT2D eigenvalue weighted by Gasteiger charge is -2.10. The summed E-state index contributed by atoms with van der Waals surface area (Å²) in [4.78, 5) is 14.0. The second-order valence-corrected chi connectivity index (χ2v) is 7.72. The first-order valence-corrected chi connectivity index (χ1v) is 9.52. The van der Waals surface area contributed by atoms with Gasteiger partial charge in [0.2, 0.25) is 5.91 Å². The highest BCUT2D eigenvalue weighted by Gasteiger charge is 2.06. The van der Waals surface area contributed by atoms with Crippen molar-refractivity contribution in [3.8, 4) is 5.75 Å². The van der Waals surface area contributed by atoms with E-state index in [9.17, 15) is 13.2 Å². The lowest BCUT2D eigenvalue weighted by atomic mass is 10.3. The Morgan fingerprint density at radius 1 is 1.17 bits per heavy atom. The summed E-state index contributed by atoms with van der Waals surface area (Å²) in [7, 11) is 0.819. The van der Waals surface area contributed by atoms with E-state index in [1.165, 1.54) is 18.4 Å². The Morgan fingerprint density at radius 2 is 1.83 bits per heavy atom. The summed E-state index contributed by atoms with van der Waals surface area (Å²) in [5.74, 6) is 0.628. The molecule has 7 heteroatoms. The quantitative estimate of drug-likeness (QED) is 0.649. The van der Waals surface area contributed by atoms with Crippen molar-refractivity contribution >= 4 is 15.7 Å². The predicted molar refractivity (Wildman–Crippen MR) is 90.5 cm³/mol. The molecule has 0 fully saturated rings. The van der Waals surface area contributed by atoms with Gasteiger partial charge in [-0.1, -0.05) is 0 Å². The molecule has 0 aliphatic heterocycles. The lowest BCUT2D eigenvalue weighted by Crippen LogP contribution is -2.27. The smallest absolute Gasteiger partial charge is 0.220 e. The fourth-order valence-electron chi connectivity index (χ4n) is 1.92. The van der Waals surface area contributed by atoms with Gasteiger partial charge in [-0.3, -0.25) is 4.79 Å². The maximum Gasteiger partial charge on any atom is 0.220 e. The summed E-state index contributed by atoms with van der Waals surface area (Å²) in [5.41, 5.74) is 0. The fourth-order valence-corrected chi connectivity index (χ4v) is 2.55. The van der Waals surface area contributed by atoms with Gasteiger partial charge < -0.3 is 15.0 Å². The van der Waals surface area contributed by atoms with Gasteiger partial charge in [0, 0.05) is 19.2 Å². The molecule has 0 bridgehead atoms. The average Bonchev–Trinajstić information content (AvgIpc) is 2.47. The van der Waals surface area contributed by atoms with Crippen LogP contribution >= 0.6 is 0 Å². The minimum atomic E-state index is -3.18. The van der Waals surface area contributed by atoms with Crippen LogP contribution in [0.3, 0.4) is 0 Å². The number of ether oxygens (including phenoxy) is 1. The predicted octanol–water partition coefficient (Wildman–Crippen LogP) is 1.32. The van der Waals surface area contributed by atoms with Gasteiger partial charge in [0.05, 0.1) is 11.5 Å². The average molecular weight is 342 g/mol. The number of benzene rings is 1. The molecule has 0 saturated heterocycles. The van der Waals surface area contributed by atoms with E-state index >= 15 is 0 Å². The highest BCUT2D eigenvalue weighted by atomic mass is 32.2. The van der Waals surface area contributed by atoms with Gasteiger partial charge in [0.1, 0.15) is 5.75 Å². The van der Waals surface area contributed by atoms with Crippen LogP contribution in [0.25, 0.3) is 0 Å². The Balaban J connectivity index is 2.18. The van der Waals surface area contributed by atoms with Crippen molar-refractivity contribution in [1.29, 1.82) is 0 Å². The molecule has 0 radical (unpaired) electrons. The Bertz CT molecular complexity index is 583. The molecule has 1 N–H and O–H groups in total. The highest BCUT2D eigenvalue weighted by Crippen LogP contribution is 2.16. The summed E-state index contributed by atoms with van der Waals surface area (Å²) >= 11 is 0. The molecular formula is C16H26N2O4S. The molecule has 6 nitrogen and oxygen atoms in total. The van der Waals surface area contributed by atoms with Crippen LogP contribution in [0.2, 0.25) is 0 Å². The SMILES string of the molecule is CN(C)CCCNC(=O)CCCOc1ccc(S(C)(=O)=O)cc1. The molecule has 1 aromatic carbocycles. The van der Waals surface area contributed by atoms with E-state index < -0.39 is 9.84 Å². The van der Waals surface area contributed by atoms with Crippen molar-refractivity contribution in [3.63, 3.8) is 0 Å². The van der Waals surface area contributed by atoms with E-state index in [0.29, 0.717) is 31.7 Å². The van der Waals surface area contributed by atoms with E-state index in [4.69, 9.17) is 4.74 Å². The number of carbonyl (C=O) groups excluding carboxylic acids is 1. The van der Waals surface area contributed by atoms with Crippen molar-refractivity contribution in [3.05, 3.63) is 24.3 Å². The summed E-state index contributed by atoms with van der Waals surface area (Å²) in [6.07, 6.45) is 3.14.